The molecule has 0 radical (unpaired) electrons. The lowest BCUT2D eigenvalue weighted by molar-refractivity contribution is -0.118. The van der Waals surface area contributed by atoms with Crippen LogP contribution in [0.4, 0.5) is 11.4 Å². The molecule has 0 aliphatic carbocycles. The van der Waals surface area contributed by atoms with Crippen LogP contribution in [0.5, 0.6) is 17.2 Å². The number of ether oxygens (including phenoxy) is 2. The second-order valence-corrected chi connectivity index (χ2v) is 6.95. The van der Waals surface area contributed by atoms with Gasteiger partial charge in [-0.15, -0.1) is 0 Å². The fourth-order valence-corrected chi connectivity index (χ4v) is 2.74. The number of carbonyl (C=O) groups is 2. The predicted octanol–water partition coefficient (Wildman–Crippen LogP) is 5.07. The van der Waals surface area contributed by atoms with Crippen LogP contribution in [0.2, 0.25) is 0 Å². The Kier molecular flexibility index (Phi) is 6.70. The molecule has 2 amide bonds. The van der Waals surface area contributed by atoms with Gasteiger partial charge in [-0.1, -0.05) is 23.8 Å². The minimum atomic E-state index is -0.327. The highest BCUT2D eigenvalue weighted by Gasteiger charge is 2.09. The molecule has 0 atom stereocenters. The first-order chi connectivity index (χ1) is 14.4. The summed E-state index contributed by atoms with van der Waals surface area (Å²) in [6, 6.07) is 20.2. The molecule has 0 aliphatic rings. The van der Waals surface area contributed by atoms with Gasteiger partial charge in [0.1, 0.15) is 17.2 Å². The van der Waals surface area contributed by atoms with E-state index >= 15 is 0 Å². The number of nitrogens with one attached hydrogen (secondary N) is 2. The number of amides is 2. The Bertz CT molecular complexity index is 1030. The SMILES string of the molecule is CC(=O)Nc1ccc(C)cc1NC(=O)COc1ccc(Oc2ccc(C)cc2)cc1. The van der Waals surface area contributed by atoms with Crippen molar-refractivity contribution in [3.05, 3.63) is 77.9 Å². The topological polar surface area (TPSA) is 76.7 Å². The number of benzene rings is 3. The van der Waals surface area contributed by atoms with Crippen LogP contribution in [0.3, 0.4) is 0 Å². The summed E-state index contributed by atoms with van der Waals surface area (Å²) < 4.78 is 11.3. The molecular formula is C24H24N2O4. The molecule has 0 spiro atoms. The van der Waals surface area contributed by atoms with Crippen molar-refractivity contribution in [1.29, 1.82) is 0 Å². The van der Waals surface area contributed by atoms with Gasteiger partial charge < -0.3 is 20.1 Å². The highest BCUT2D eigenvalue weighted by molar-refractivity contribution is 5.99. The zero-order chi connectivity index (χ0) is 21.5. The first kappa shape index (κ1) is 20.9. The number of carbonyl (C=O) groups excluding carboxylic acids is 2. The lowest BCUT2D eigenvalue weighted by atomic mass is 10.2. The Morgan fingerprint density at radius 2 is 1.30 bits per heavy atom. The van der Waals surface area contributed by atoms with E-state index in [1.54, 1.807) is 36.4 Å². The fraction of sp³-hybridized carbons (Fsp3) is 0.167. The monoisotopic (exact) mass is 404 g/mol. The number of anilines is 2. The van der Waals surface area contributed by atoms with Gasteiger partial charge in [0.05, 0.1) is 11.4 Å². The summed E-state index contributed by atoms with van der Waals surface area (Å²) >= 11 is 0. The summed E-state index contributed by atoms with van der Waals surface area (Å²) in [5.74, 6) is 1.44. The van der Waals surface area contributed by atoms with Gasteiger partial charge in [-0.25, -0.2) is 0 Å². The van der Waals surface area contributed by atoms with Crippen molar-refractivity contribution >= 4 is 23.2 Å². The van der Waals surface area contributed by atoms with Crippen molar-refractivity contribution in [2.45, 2.75) is 20.8 Å². The Balaban J connectivity index is 1.55. The number of hydrogen-bond donors (Lipinski definition) is 2. The van der Waals surface area contributed by atoms with E-state index < -0.39 is 0 Å². The van der Waals surface area contributed by atoms with Gasteiger partial charge in [-0.05, 0) is 67.9 Å². The second kappa shape index (κ2) is 9.60. The maximum atomic E-state index is 12.3. The molecule has 0 bridgehead atoms. The van der Waals surface area contributed by atoms with Crippen LogP contribution in [0.1, 0.15) is 18.1 Å². The minimum absolute atomic E-state index is 0.161. The molecule has 3 aromatic rings. The summed E-state index contributed by atoms with van der Waals surface area (Å²) in [6.45, 7) is 5.18. The van der Waals surface area contributed by atoms with Crippen LogP contribution < -0.4 is 20.1 Å². The van der Waals surface area contributed by atoms with E-state index in [1.165, 1.54) is 12.5 Å². The normalized spacial score (nSPS) is 10.2. The fourth-order valence-electron chi connectivity index (χ4n) is 2.74. The number of hydrogen-bond acceptors (Lipinski definition) is 4. The molecule has 3 rings (SSSR count). The van der Waals surface area contributed by atoms with E-state index in [1.807, 2.05) is 44.2 Å². The Morgan fingerprint density at radius 3 is 1.93 bits per heavy atom. The quantitative estimate of drug-likeness (QED) is 0.576. The second-order valence-electron chi connectivity index (χ2n) is 6.95. The van der Waals surface area contributed by atoms with Crippen LogP contribution in [-0.4, -0.2) is 18.4 Å². The average Bonchev–Trinajstić information content (AvgIpc) is 2.71. The molecular weight excluding hydrogens is 380 g/mol. The van der Waals surface area contributed by atoms with Gasteiger partial charge in [0, 0.05) is 6.92 Å². The molecule has 0 unspecified atom stereocenters. The molecule has 6 heteroatoms. The third-order valence-electron chi connectivity index (χ3n) is 4.21. The predicted molar refractivity (Wildman–Crippen MR) is 117 cm³/mol. The first-order valence-electron chi connectivity index (χ1n) is 9.54. The van der Waals surface area contributed by atoms with Crippen molar-refractivity contribution in [2.75, 3.05) is 17.2 Å². The third-order valence-corrected chi connectivity index (χ3v) is 4.21. The summed E-state index contributed by atoms with van der Waals surface area (Å²) in [7, 11) is 0. The molecule has 30 heavy (non-hydrogen) atoms. The zero-order valence-corrected chi connectivity index (χ0v) is 17.2. The molecule has 3 aromatic carbocycles. The maximum absolute atomic E-state index is 12.3. The minimum Gasteiger partial charge on any atom is -0.484 e. The lowest BCUT2D eigenvalue weighted by Gasteiger charge is -2.13. The van der Waals surface area contributed by atoms with Gasteiger partial charge >= 0.3 is 0 Å². The van der Waals surface area contributed by atoms with Crippen molar-refractivity contribution in [3.63, 3.8) is 0 Å². The van der Waals surface area contributed by atoms with Crippen molar-refractivity contribution in [1.82, 2.24) is 0 Å². The largest absolute Gasteiger partial charge is 0.484 e. The molecule has 0 saturated carbocycles. The van der Waals surface area contributed by atoms with Crippen molar-refractivity contribution < 1.29 is 19.1 Å². The Morgan fingerprint density at radius 1 is 0.733 bits per heavy atom. The van der Waals surface area contributed by atoms with E-state index in [4.69, 9.17) is 9.47 Å². The molecule has 2 N–H and O–H groups in total. The molecule has 0 aliphatic heterocycles. The van der Waals surface area contributed by atoms with Crippen LogP contribution >= 0.6 is 0 Å². The van der Waals surface area contributed by atoms with Gasteiger partial charge in [0.15, 0.2) is 6.61 Å². The van der Waals surface area contributed by atoms with Gasteiger partial charge in [0.2, 0.25) is 5.91 Å². The van der Waals surface area contributed by atoms with Crippen LogP contribution in [0.15, 0.2) is 66.7 Å². The van der Waals surface area contributed by atoms with E-state index in [0.717, 1.165) is 11.3 Å². The molecule has 154 valence electrons. The lowest BCUT2D eigenvalue weighted by Crippen LogP contribution is -2.21. The third kappa shape index (κ3) is 6.10. The summed E-state index contributed by atoms with van der Waals surface area (Å²) in [6.07, 6.45) is 0. The summed E-state index contributed by atoms with van der Waals surface area (Å²) in [5, 5.41) is 5.47. The highest BCUT2D eigenvalue weighted by Crippen LogP contribution is 2.25. The summed E-state index contributed by atoms with van der Waals surface area (Å²) in [4.78, 5) is 23.6. The smallest absolute Gasteiger partial charge is 0.262 e. The zero-order valence-electron chi connectivity index (χ0n) is 17.2. The highest BCUT2D eigenvalue weighted by atomic mass is 16.5. The van der Waals surface area contributed by atoms with Crippen molar-refractivity contribution in [3.8, 4) is 17.2 Å². The standard InChI is InChI=1S/C24H24N2O4/c1-16-4-7-20(8-5-16)30-21-11-9-19(10-12-21)29-15-24(28)26-23-14-17(2)6-13-22(23)25-18(3)27/h4-14H,15H2,1-3H3,(H,25,27)(H,26,28). The van der Waals surface area contributed by atoms with Crippen LogP contribution in [0, 0.1) is 13.8 Å². The molecule has 0 aromatic heterocycles. The summed E-state index contributed by atoms with van der Waals surface area (Å²) in [5.41, 5.74) is 3.20. The number of rotatable bonds is 7. The average molecular weight is 404 g/mol. The van der Waals surface area contributed by atoms with Crippen LogP contribution in [-0.2, 0) is 9.59 Å². The Labute approximate surface area is 175 Å². The molecule has 0 fully saturated rings. The molecule has 0 heterocycles. The van der Waals surface area contributed by atoms with E-state index in [0.29, 0.717) is 22.9 Å². The van der Waals surface area contributed by atoms with Crippen LogP contribution in [0.25, 0.3) is 0 Å². The first-order valence-corrected chi connectivity index (χ1v) is 9.54. The van der Waals surface area contributed by atoms with Gasteiger partial charge in [-0.3, -0.25) is 9.59 Å². The van der Waals surface area contributed by atoms with E-state index in [2.05, 4.69) is 10.6 Å². The van der Waals surface area contributed by atoms with Gasteiger partial charge in [0.25, 0.3) is 5.91 Å². The van der Waals surface area contributed by atoms with E-state index in [-0.39, 0.29) is 18.4 Å². The molecule has 0 saturated heterocycles. The van der Waals surface area contributed by atoms with E-state index in [9.17, 15) is 9.59 Å². The van der Waals surface area contributed by atoms with Gasteiger partial charge in [-0.2, -0.15) is 0 Å². The molecule has 6 nitrogen and oxygen atoms in total. The van der Waals surface area contributed by atoms with Crippen molar-refractivity contribution in [2.24, 2.45) is 0 Å². The number of aryl methyl sites for hydroxylation is 2. The maximum Gasteiger partial charge on any atom is 0.262 e. The Hall–Kier alpha value is -3.80.